The van der Waals surface area contributed by atoms with E-state index in [1.165, 1.54) is 25.8 Å². The fourth-order valence-corrected chi connectivity index (χ4v) is 5.74. The van der Waals surface area contributed by atoms with Gasteiger partial charge in [-0.2, -0.15) is 0 Å². The molecule has 1 unspecified atom stereocenters. The summed E-state index contributed by atoms with van der Waals surface area (Å²) in [6.07, 6.45) is -0.360. The van der Waals surface area contributed by atoms with E-state index in [0.29, 0.717) is 19.5 Å². The molecule has 0 saturated carbocycles. The number of likely N-dealkylation sites (tertiary alicyclic amines) is 1. The van der Waals surface area contributed by atoms with Gasteiger partial charge in [-0.05, 0) is 48.1 Å². The number of hydrogen-bond acceptors (Lipinski definition) is 5. The van der Waals surface area contributed by atoms with Gasteiger partial charge in [-0.25, -0.2) is 9.59 Å². The second kappa shape index (κ2) is 10.8. The molecule has 1 aliphatic heterocycles. The molecule has 8 heteroatoms. The van der Waals surface area contributed by atoms with Gasteiger partial charge >= 0.3 is 12.1 Å². The molecule has 208 valence electrons. The fraction of sp³-hybridized carbons (Fsp3) is 0.344. The average molecular weight is 542 g/mol. The van der Waals surface area contributed by atoms with E-state index < -0.39 is 29.0 Å². The summed E-state index contributed by atoms with van der Waals surface area (Å²) >= 11 is 0. The van der Waals surface area contributed by atoms with Crippen molar-refractivity contribution in [3.8, 4) is 11.1 Å². The highest BCUT2D eigenvalue weighted by Gasteiger charge is 2.51. The number of benzene rings is 3. The van der Waals surface area contributed by atoms with Crippen LogP contribution < -0.4 is 5.32 Å². The van der Waals surface area contributed by atoms with Gasteiger partial charge in [0.25, 0.3) is 5.91 Å². The third-order valence-electron chi connectivity index (χ3n) is 8.36. The molecule has 40 heavy (non-hydrogen) atoms. The van der Waals surface area contributed by atoms with Gasteiger partial charge in [0.05, 0.1) is 0 Å². The smallest absolute Gasteiger partial charge is 0.408 e. The number of fused-ring (bicyclic) bond motifs is 3. The van der Waals surface area contributed by atoms with E-state index in [1.807, 2.05) is 66.7 Å². The normalized spacial score (nSPS) is 18.6. The standard InChI is InChI=1S/C32H35N3O5/c1-31(2,29(37)38)34(3)28(36)32(17-18-35(21-32)19-22-11-5-4-6-12-22)33-30(39)40-20-27-25-15-9-7-13-23(25)24-14-8-10-16-26(24)27/h4-16,27H,17-21H2,1-3H3,(H,33,39)(H,37,38). The van der Waals surface area contributed by atoms with Crippen molar-refractivity contribution >= 4 is 18.0 Å². The zero-order valence-electron chi connectivity index (χ0n) is 23.1. The summed E-state index contributed by atoms with van der Waals surface area (Å²) in [4.78, 5) is 42.5. The van der Waals surface area contributed by atoms with E-state index in [9.17, 15) is 19.5 Å². The summed E-state index contributed by atoms with van der Waals surface area (Å²) < 4.78 is 5.79. The zero-order valence-corrected chi connectivity index (χ0v) is 23.1. The highest BCUT2D eigenvalue weighted by molar-refractivity contribution is 5.94. The predicted octanol–water partition coefficient (Wildman–Crippen LogP) is 4.49. The summed E-state index contributed by atoms with van der Waals surface area (Å²) in [6.45, 7) is 4.48. The van der Waals surface area contributed by atoms with Gasteiger partial charge < -0.3 is 20.1 Å². The highest BCUT2D eigenvalue weighted by atomic mass is 16.5. The lowest BCUT2D eigenvalue weighted by atomic mass is 9.93. The molecule has 0 spiro atoms. The van der Waals surface area contributed by atoms with Gasteiger partial charge in [-0.1, -0.05) is 78.9 Å². The van der Waals surface area contributed by atoms with Crippen LogP contribution in [-0.2, 0) is 20.9 Å². The molecule has 3 aromatic rings. The Balaban J connectivity index is 1.35. The molecule has 1 aliphatic carbocycles. The van der Waals surface area contributed by atoms with Crippen LogP contribution in [0.3, 0.4) is 0 Å². The van der Waals surface area contributed by atoms with Crippen LogP contribution in [0.5, 0.6) is 0 Å². The molecule has 1 fully saturated rings. The number of carboxylic acid groups (broad SMARTS) is 1. The summed E-state index contributed by atoms with van der Waals surface area (Å²) in [5.41, 5.74) is 2.76. The summed E-state index contributed by atoms with van der Waals surface area (Å²) in [5, 5.41) is 12.7. The largest absolute Gasteiger partial charge is 0.480 e. The van der Waals surface area contributed by atoms with Crippen LogP contribution in [0.2, 0.25) is 0 Å². The number of aliphatic carboxylic acids is 1. The molecule has 0 aromatic heterocycles. The number of likely N-dealkylation sites (N-methyl/N-ethyl adjacent to an activating group) is 1. The number of carbonyl (C=O) groups is 3. The van der Waals surface area contributed by atoms with Crippen LogP contribution in [0, 0.1) is 0 Å². The SMILES string of the molecule is CN(C(=O)C1(NC(=O)OCC2c3ccccc3-c3ccccc32)CCN(Cc2ccccc2)C1)C(C)(C)C(=O)O. The third-order valence-corrected chi connectivity index (χ3v) is 8.36. The molecule has 2 aliphatic rings. The molecule has 3 aromatic carbocycles. The van der Waals surface area contributed by atoms with Crippen molar-refractivity contribution in [1.29, 1.82) is 0 Å². The van der Waals surface area contributed by atoms with Gasteiger partial charge in [-0.3, -0.25) is 9.69 Å². The molecule has 5 rings (SSSR count). The Kier molecular flexibility index (Phi) is 7.38. The molecule has 2 N–H and O–H groups in total. The first-order chi connectivity index (χ1) is 19.1. The van der Waals surface area contributed by atoms with E-state index >= 15 is 0 Å². The topological polar surface area (TPSA) is 99.2 Å². The third kappa shape index (κ3) is 5.07. The first kappa shape index (κ1) is 27.4. The van der Waals surface area contributed by atoms with Crippen molar-refractivity contribution in [1.82, 2.24) is 15.1 Å². The van der Waals surface area contributed by atoms with Crippen molar-refractivity contribution < 1.29 is 24.2 Å². The van der Waals surface area contributed by atoms with Gasteiger partial charge in [0.1, 0.15) is 17.7 Å². The number of hydrogen-bond donors (Lipinski definition) is 2. The van der Waals surface area contributed by atoms with Crippen molar-refractivity contribution in [3.63, 3.8) is 0 Å². The average Bonchev–Trinajstić information content (AvgIpc) is 3.50. The number of carboxylic acids is 1. The molecule has 1 heterocycles. The van der Waals surface area contributed by atoms with Gasteiger partial charge in [0.2, 0.25) is 0 Å². The number of amides is 2. The van der Waals surface area contributed by atoms with E-state index in [2.05, 4.69) is 22.3 Å². The lowest BCUT2D eigenvalue weighted by Gasteiger charge is -2.39. The van der Waals surface area contributed by atoms with Crippen molar-refractivity contribution in [2.24, 2.45) is 0 Å². The Morgan fingerprint density at radius 1 is 0.975 bits per heavy atom. The van der Waals surface area contributed by atoms with Crippen LogP contribution in [0.25, 0.3) is 11.1 Å². The van der Waals surface area contributed by atoms with Crippen molar-refractivity contribution in [2.75, 3.05) is 26.7 Å². The zero-order chi connectivity index (χ0) is 28.5. The number of ether oxygens (including phenoxy) is 1. The molecule has 1 saturated heterocycles. The van der Waals surface area contributed by atoms with Gasteiger partial charge in [0, 0.05) is 32.6 Å². The van der Waals surface area contributed by atoms with Crippen LogP contribution >= 0.6 is 0 Å². The van der Waals surface area contributed by atoms with E-state index in [-0.39, 0.29) is 19.1 Å². The number of rotatable bonds is 8. The lowest BCUT2D eigenvalue weighted by molar-refractivity contribution is -0.157. The maximum Gasteiger partial charge on any atom is 0.408 e. The van der Waals surface area contributed by atoms with Crippen molar-refractivity contribution in [2.45, 2.75) is 43.8 Å². The molecule has 0 radical (unpaired) electrons. The Morgan fingerprint density at radius 3 is 2.15 bits per heavy atom. The second-order valence-corrected chi connectivity index (χ2v) is 11.2. The second-order valence-electron chi connectivity index (χ2n) is 11.2. The Morgan fingerprint density at radius 2 is 1.55 bits per heavy atom. The Hall–Kier alpha value is -4.17. The van der Waals surface area contributed by atoms with Gasteiger partial charge in [-0.15, -0.1) is 0 Å². The first-order valence-electron chi connectivity index (χ1n) is 13.5. The molecule has 8 nitrogen and oxygen atoms in total. The molecular weight excluding hydrogens is 506 g/mol. The highest BCUT2D eigenvalue weighted by Crippen LogP contribution is 2.44. The van der Waals surface area contributed by atoms with Crippen LogP contribution in [-0.4, -0.2) is 70.7 Å². The summed E-state index contributed by atoms with van der Waals surface area (Å²) in [7, 11) is 1.47. The summed E-state index contributed by atoms with van der Waals surface area (Å²) in [6, 6.07) is 26.1. The van der Waals surface area contributed by atoms with Crippen LogP contribution in [0.15, 0.2) is 78.9 Å². The maximum absolute atomic E-state index is 13.9. The maximum atomic E-state index is 13.9. The molecular formula is C32H35N3O5. The Labute approximate surface area is 234 Å². The quantitative estimate of drug-likeness (QED) is 0.436. The molecule has 1 atom stereocenters. The lowest BCUT2D eigenvalue weighted by Crippen LogP contribution is -2.65. The van der Waals surface area contributed by atoms with Crippen LogP contribution in [0.1, 0.15) is 42.9 Å². The summed E-state index contributed by atoms with van der Waals surface area (Å²) in [5.74, 6) is -1.70. The van der Waals surface area contributed by atoms with E-state index in [4.69, 9.17) is 4.74 Å². The number of nitrogens with zero attached hydrogens (tertiary/aromatic N) is 2. The van der Waals surface area contributed by atoms with E-state index in [1.54, 1.807) is 0 Å². The van der Waals surface area contributed by atoms with E-state index in [0.717, 1.165) is 27.8 Å². The number of nitrogens with one attached hydrogen (secondary N) is 1. The minimum Gasteiger partial charge on any atom is -0.480 e. The minimum absolute atomic E-state index is 0.114. The molecule has 2 amide bonds. The number of alkyl carbamates (subject to hydrolysis) is 1. The predicted molar refractivity (Wildman–Crippen MR) is 152 cm³/mol. The monoisotopic (exact) mass is 541 g/mol. The van der Waals surface area contributed by atoms with Crippen LogP contribution in [0.4, 0.5) is 4.79 Å². The molecule has 0 bridgehead atoms. The minimum atomic E-state index is -1.46. The first-order valence-corrected chi connectivity index (χ1v) is 13.5. The fourth-order valence-electron chi connectivity index (χ4n) is 5.74. The van der Waals surface area contributed by atoms with Gasteiger partial charge in [0.15, 0.2) is 0 Å². The Bertz CT molecular complexity index is 1380. The number of carbonyl (C=O) groups excluding carboxylic acids is 2. The van der Waals surface area contributed by atoms with Crippen molar-refractivity contribution in [3.05, 3.63) is 95.6 Å².